The maximum atomic E-state index is 12.4. The second-order valence-corrected chi connectivity index (χ2v) is 9.57. The number of aryl methyl sites for hydroxylation is 1. The highest BCUT2D eigenvalue weighted by Gasteiger charge is 2.16. The molecule has 0 radical (unpaired) electrons. The predicted molar refractivity (Wildman–Crippen MR) is 117 cm³/mol. The number of carbonyl (C=O) groups is 1. The van der Waals surface area contributed by atoms with Crippen molar-refractivity contribution in [2.75, 3.05) is 13.2 Å². The van der Waals surface area contributed by atoms with Gasteiger partial charge in [-0.2, -0.15) is 0 Å². The minimum atomic E-state index is -3.53. The fourth-order valence-corrected chi connectivity index (χ4v) is 4.62. The Morgan fingerprint density at radius 1 is 1.07 bits per heavy atom. The van der Waals surface area contributed by atoms with E-state index in [2.05, 4.69) is 10.0 Å². The molecule has 162 valence electrons. The molecular weight excluding hydrogens is 400 g/mol. The number of hydrogen-bond acceptors (Lipinski definition) is 4. The molecule has 1 aliphatic carbocycles. The van der Waals surface area contributed by atoms with Gasteiger partial charge in [-0.1, -0.05) is 49.1 Å². The van der Waals surface area contributed by atoms with Gasteiger partial charge in [0.25, 0.3) is 5.91 Å². The third-order valence-electron chi connectivity index (χ3n) is 5.28. The van der Waals surface area contributed by atoms with E-state index < -0.39 is 10.0 Å². The summed E-state index contributed by atoms with van der Waals surface area (Å²) in [5, 5.41) is 3.03. The first-order valence-corrected chi connectivity index (χ1v) is 12.0. The number of carbonyl (C=O) groups excluding carboxylic acids is 1. The Kier molecular flexibility index (Phi) is 7.87. The number of nitrogens with one attached hydrogen (secondary N) is 2. The van der Waals surface area contributed by atoms with Gasteiger partial charge < -0.3 is 10.1 Å². The van der Waals surface area contributed by atoms with Crippen molar-refractivity contribution in [3.8, 4) is 5.75 Å². The van der Waals surface area contributed by atoms with Crippen LogP contribution in [0, 0.1) is 6.92 Å². The van der Waals surface area contributed by atoms with Gasteiger partial charge in [0.1, 0.15) is 5.75 Å². The Balaban J connectivity index is 1.45. The van der Waals surface area contributed by atoms with Gasteiger partial charge in [-0.25, -0.2) is 13.1 Å². The number of rotatable bonds is 9. The minimum Gasteiger partial charge on any atom is -0.484 e. The van der Waals surface area contributed by atoms with E-state index in [9.17, 15) is 13.2 Å². The quantitative estimate of drug-likeness (QED) is 0.639. The maximum absolute atomic E-state index is 12.4. The van der Waals surface area contributed by atoms with Crippen LogP contribution in [0.1, 0.15) is 43.2 Å². The molecule has 30 heavy (non-hydrogen) atoms. The van der Waals surface area contributed by atoms with Crippen LogP contribution in [0.25, 0.3) is 0 Å². The highest BCUT2D eigenvalue weighted by Crippen LogP contribution is 2.18. The maximum Gasteiger partial charge on any atom is 0.258 e. The monoisotopic (exact) mass is 430 g/mol. The summed E-state index contributed by atoms with van der Waals surface area (Å²) >= 11 is 0. The van der Waals surface area contributed by atoms with E-state index in [1.54, 1.807) is 30.3 Å². The summed E-state index contributed by atoms with van der Waals surface area (Å²) in [6.07, 6.45) is 6.19. The third kappa shape index (κ3) is 6.85. The lowest BCUT2D eigenvalue weighted by molar-refractivity contribution is -0.124. The molecule has 0 saturated heterocycles. The fraction of sp³-hybridized carbons (Fsp3) is 0.435. The van der Waals surface area contributed by atoms with E-state index >= 15 is 0 Å². The highest BCUT2D eigenvalue weighted by molar-refractivity contribution is 7.89. The Morgan fingerprint density at radius 2 is 1.80 bits per heavy atom. The van der Waals surface area contributed by atoms with E-state index in [1.807, 2.05) is 25.1 Å². The summed E-state index contributed by atoms with van der Waals surface area (Å²) in [5.74, 6) is 0.505. The summed E-state index contributed by atoms with van der Waals surface area (Å²) in [4.78, 5) is 12.4. The molecule has 0 unspecified atom stereocenters. The van der Waals surface area contributed by atoms with Gasteiger partial charge in [-0.05, 0) is 56.0 Å². The molecule has 1 amide bonds. The van der Waals surface area contributed by atoms with Gasteiger partial charge in [0, 0.05) is 12.6 Å². The van der Waals surface area contributed by atoms with Crippen molar-refractivity contribution in [2.24, 2.45) is 0 Å². The zero-order valence-electron chi connectivity index (χ0n) is 17.4. The van der Waals surface area contributed by atoms with Gasteiger partial charge in [0.05, 0.1) is 4.90 Å². The Hall–Kier alpha value is -2.38. The molecule has 0 bridgehead atoms. The lowest BCUT2D eigenvalue weighted by Gasteiger charge is -2.22. The molecule has 0 atom stereocenters. The van der Waals surface area contributed by atoms with Crippen LogP contribution in [-0.2, 0) is 21.2 Å². The Labute approximate surface area is 179 Å². The van der Waals surface area contributed by atoms with Gasteiger partial charge in [0.2, 0.25) is 10.0 Å². The molecule has 1 aliphatic rings. The Bertz CT molecular complexity index is 936. The van der Waals surface area contributed by atoms with E-state index in [4.69, 9.17) is 4.74 Å². The lowest BCUT2D eigenvalue weighted by Crippen LogP contribution is -2.38. The van der Waals surface area contributed by atoms with E-state index in [0.29, 0.717) is 12.2 Å². The smallest absolute Gasteiger partial charge is 0.258 e. The summed E-state index contributed by atoms with van der Waals surface area (Å²) in [6.45, 7) is 2.18. The van der Waals surface area contributed by atoms with E-state index in [0.717, 1.165) is 24.0 Å². The second-order valence-electron chi connectivity index (χ2n) is 7.80. The van der Waals surface area contributed by atoms with E-state index in [1.165, 1.54) is 19.3 Å². The Morgan fingerprint density at radius 3 is 2.53 bits per heavy atom. The average Bonchev–Trinajstić information content (AvgIpc) is 2.73. The molecule has 2 aromatic carbocycles. The van der Waals surface area contributed by atoms with Gasteiger partial charge in [0.15, 0.2) is 6.61 Å². The molecule has 0 spiro atoms. The summed E-state index contributed by atoms with van der Waals surface area (Å²) in [5.41, 5.74) is 1.95. The summed E-state index contributed by atoms with van der Waals surface area (Å²) in [6, 6.07) is 14.4. The normalized spacial score (nSPS) is 15.0. The first-order valence-electron chi connectivity index (χ1n) is 10.5. The van der Waals surface area contributed by atoms with Crippen LogP contribution in [0.4, 0.5) is 0 Å². The highest BCUT2D eigenvalue weighted by atomic mass is 32.2. The van der Waals surface area contributed by atoms with Crippen LogP contribution < -0.4 is 14.8 Å². The molecule has 1 fully saturated rings. The molecule has 3 rings (SSSR count). The molecule has 6 nitrogen and oxygen atoms in total. The molecule has 0 heterocycles. The van der Waals surface area contributed by atoms with Crippen molar-refractivity contribution >= 4 is 15.9 Å². The second kappa shape index (κ2) is 10.6. The number of benzene rings is 2. The minimum absolute atomic E-state index is 0.0139. The van der Waals surface area contributed by atoms with E-state index in [-0.39, 0.29) is 30.0 Å². The first kappa shape index (κ1) is 22.3. The van der Waals surface area contributed by atoms with Gasteiger partial charge in [-0.3, -0.25) is 4.79 Å². The van der Waals surface area contributed by atoms with Gasteiger partial charge >= 0.3 is 0 Å². The zero-order chi connectivity index (χ0) is 21.4. The summed E-state index contributed by atoms with van der Waals surface area (Å²) < 4.78 is 33.0. The number of amides is 1. The van der Waals surface area contributed by atoms with Crippen molar-refractivity contribution in [3.05, 3.63) is 59.7 Å². The van der Waals surface area contributed by atoms with Crippen LogP contribution in [0.5, 0.6) is 5.75 Å². The molecule has 0 aromatic heterocycles. The molecule has 2 aromatic rings. The van der Waals surface area contributed by atoms with Crippen LogP contribution in [0.2, 0.25) is 0 Å². The molecule has 1 saturated carbocycles. The number of ether oxygens (including phenoxy) is 1. The largest absolute Gasteiger partial charge is 0.484 e. The van der Waals surface area contributed by atoms with Gasteiger partial charge in [-0.15, -0.1) is 0 Å². The molecule has 0 aliphatic heterocycles. The van der Waals surface area contributed by atoms with Crippen molar-refractivity contribution < 1.29 is 17.9 Å². The first-order chi connectivity index (χ1) is 14.4. The molecule has 2 N–H and O–H groups in total. The van der Waals surface area contributed by atoms with Crippen LogP contribution >= 0.6 is 0 Å². The number of sulfonamides is 1. The SMILES string of the molecule is Cc1ccc(S(=O)(=O)NCCc2cccc(OCC(=O)NC3CCCCC3)c2)cc1. The molecule has 7 heteroatoms. The predicted octanol–water partition coefficient (Wildman–Crippen LogP) is 3.34. The molecular formula is C23H30N2O4S. The standard InChI is InChI=1S/C23H30N2O4S/c1-18-10-12-22(13-11-18)30(27,28)24-15-14-19-6-5-9-21(16-19)29-17-23(26)25-20-7-3-2-4-8-20/h5-6,9-13,16,20,24H,2-4,7-8,14-15,17H2,1H3,(H,25,26). The summed E-state index contributed by atoms with van der Waals surface area (Å²) in [7, 11) is -3.53. The lowest BCUT2D eigenvalue weighted by atomic mass is 9.95. The van der Waals surface area contributed by atoms with Crippen molar-refractivity contribution in [1.82, 2.24) is 10.0 Å². The average molecular weight is 431 g/mol. The zero-order valence-corrected chi connectivity index (χ0v) is 18.2. The van der Waals surface area contributed by atoms with Crippen LogP contribution in [-0.4, -0.2) is 33.5 Å². The fourth-order valence-electron chi connectivity index (χ4n) is 3.59. The third-order valence-corrected chi connectivity index (χ3v) is 6.75. The van der Waals surface area contributed by atoms with Crippen molar-refractivity contribution in [1.29, 1.82) is 0 Å². The number of hydrogen-bond donors (Lipinski definition) is 2. The van der Waals surface area contributed by atoms with Crippen molar-refractivity contribution in [2.45, 2.75) is 56.4 Å². The topological polar surface area (TPSA) is 84.5 Å². The van der Waals surface area contributed by atoms with Crippen LogP contribution in [0.3, 0.4) is 0 Å². The van der Waals surface area contributed by atoms with Crippen LogP contribution in [0.15, 0.2) is 53.4 Å². The van der Waals surface area contributed by atoms with Crippen molar-refractivity contribution in [3.63, 3.8) is 0 Å².